The predicted molar refractivity (Wildman–Crippen MR) is 237 cm³/mol. The number of carbonyl (C=O) groups is 7. The van der Waals surface area contributed by atoms with Gasteiger partial charge in [0.15, 0.2) is 11.7 Å². The number of cyclic esters (lactones) is 1. The van der Waals surface area contributed by atoms with Crippen LogP contribution in [0, 0.1) is 12.7 Å². The average molecular weight is 985 g/mol. The van der Waals surface area contributed by atoms with Crippen LogP contribution in [0.5, 0.6) is 5.75 Å². The van der Waals surface area contributed by atoms with Crippen molar-refractivity contribution in [2.45, 2.75) is 95.2 Å². The van der Waals surface area contributed by atoms with E-state index in [0.717, 1.165) is 17.1 Å². The van der Waals surface area contributed by atoms with E-state index in [1.807, 2.05) is 0 Å². The number of aliphatic hydroxyl groups is 4. The number of carbonyl (C=O) groups excluding carboxylic acids is 6. The second kappa shape index (κ2) is 18.3. The molecule has 5 aliphatic rings. The Morgan fingerprint density at radius 3 is 2.44 bits per heavy atom. The minimum atomic E-state index is -2.10. The van der Waals surface area contributed by atoms with Crippen molar-refractivity contribution < 1.29 is 82.4 Å². The van der Waals surface area contributed by atoms with E-state index in [-0.39, 0.29) is 71.0 Å². The van der Waals surface area contributed by atoms with E-state index >= 15 is 4.39 Å². The topological polar surface area (TPSA) is 323 Å². The lowest BCUT2D eigenvalue weighted by Crippen LogP contribution is -2.61. The first-order valence-electron chi connectivity index (χ1n) is 22.2. The van der Waals surface area contributed by atoms with Gasteiger partial charge in [0.05, 0.1) is 47.3 Å². The smallest absolute Gasteiger partial charge is 0.407 e. The number of anilines is 1. The first-order chi connectivity index (χ1) is 33.7. The number of imide groups is 1. The number of nitrogens with zero attached hydrogens (tertiary/aromatic N) is 4. The number of likely N-dealkylation sites (N-methyl/N-ethyl adjacent to an activating group) is 1. The summed E-state index contributed by atoms with van der Waals surface area (Å²) in [6, 6.07) is 5.92. The van der Waals surface area contributed by atoms with Crippen molar-refractivity contribution in [2.24, 2.45) is 0 Å². The summed E-state index contributed by atoms with van der Waals surface area (Å²) in [7, 11) is 1.23. The monoisotopic (exact) mass is 984 g/mol. The number of amides is 5. The molecule has 1 fully saturated rings. The van der Waals surface area contributed by atoms with Gasteiger partial charge in [-0.15, -0.1) is 0 Å². The maximum absolute atomic E-state index is 15.5. The number of aliphatic carboxylic acids is 1. The van der Waals surface area contributed by atoms with Crippen LogP contribution in [0.1, 0.15) is 64.8 Å². The van der Waals surface area contributed by atoms with Crippen molar-refractivity contribution >= 4 is 58.3 Å². The van der Waals surface area contributed by atoms with E-state index in [9.17, 15) is 63.9 Å². The number of pyridine rings is 2. The maximum Gasteiger partial charge on any atom is 0.407 e. The number of rotatable bonds is 12. The third-order valence-electron chi connectivity index (χ3n) is 13.4. The fourth-order valence-corrected chi connectivity index (χ4v) is 9.51. The van der Waals surface area contributed by atoms with Crippen molar-refractivity contribution in [3.05, 3.63) is 97.6 Å². The number of benzene rings is 2. The number of alkyl carbamates (subject to hydrolysis) is 1. The molecule has 23 nitrogen and oxygen atoms in total. The zero-order chi connectivity index (χ0) is 51.0. The Kier molecular flexibility index (Phi) is 12.5. The molecule has 6 heterocycles. The van der Waals surface area contributed by atoms with Crippen LogP contribution in [0.3, 0.4) is 0 Å². The van der Waals surface area contributed by atoms with E-state index in [1.54, 1.807) is 13.8 Å². The Labute approximate surface area is 400 Å². The van der Waals surface area contributed by atoms with Crippen molar-refractivity contribution in [2.75, 3.05) is 25.5 Å². The number of halogens is 1. The highest BCUT2D eigenvalue weighted by molar-refractivity contribution is 6.14. The Balaban J connectivity index is 0.975. The lowest BCUT2D eigenvalue weighted by atomic mass is 9.81. The molecule has 3 unspecified atom stereocenters. The van der Waals surface area contributed by atoms with Crippen LogP contribution in [0.15, 0.2) is 47.3 Å². The van der Waals surface area contributed by atoms with Crippen LogP contribution < -0.4 is 20.9 Å². The number of carboxylic acid groups (broad SMARTS) is 1. The minimum Gasteiger partial charge on any atom is -0.479 e. The highest BCUT2D eigenvalue weighted by atomic mass is 19.1. The number of hydrogen-bond donors (Lipinski definition) is 7. The van der Waals surface area contributed by atoms with Crippen molar-refractivity contribution in [1.29, 1.82) is 0 Å². The molecule has 0 bridgehead atoms. The number of ether oxygens (including phenoxy) is 4. The summed E-state index contributed by atoms with van der Waals surface area (Å²) in [5.74, 6) is -6.45. The molecular weight excluding hydrogens is 940 g/mol. The Hall–Kier alpha value is -7.64. The van der Waals surface area contributed by atoms with Gasteiger partial charge in [-0.2, -0.15) is 0 Å². The predicted octanol–water partition coefficient (Wildman–Crippen LogP) is 0.0337. The standard InChI is InChI=1S/C47H45FN6O17/c1-4-47(67)24-12-29-37-22(14-53(29)42(62)23(24)18-68-45(47)65)36-26(7-6-21-19(2)25(48)13-28(50-37)35(21)36)51-46(66)69-17-20-5-8-30(70-44-40(61)38(59)39(60)41(71-44)43(63)64)27(11-20)49-31(55)15-52(3)34(58)16-54-32(56)9-10-33(54)57/h5,8-13,26,38-41,44,59-61,67H,4,6-7,14-18H2,1-3H3,(H,49,55)(H,51,66)(H,63,64)/t26-,38?,39-,40?,41?,44-,47-/m0/s1. The fourth-order valence-electron chi connectivity index (χ4n) is 9.51. The van der Waals surface area contributed by atoms with Crippen LogP contribution in [-0.4, -0.2) is 137 Å². The number of hydrogen-bond acceptors (Lipinski definition) is 17. The molecule has 9 rings (SSSR count). The molecular formula is C47H45FN6O17. The number of carboxylic acids is 1. The molecule has 2 aromatic carbocycles. The lowest BCUT2D eigenvalue weighted by Gasteiger charge is -2.38. The molecule has 24 heteroatoms. The third kappa shape index (κ3) is 8.41. The number of aliphatic hydroxyl groups excluding tert-OH is 3. The summed E-state index contributed by atoms with van der Waals surface area (Å²) in [6.07, 6.45) is -8.47. The summed E-state index contributed by atoms with van der Waals surface area (Å²) in [5.41, 5.74) is 0.563. The van der Waals surface area contributed by atoms with Crippen molar-refractivity contribution in [3.63, 3.8) is 0 Å². The van der Waals surface area contributed by atoms with Gasteiger partial charge in [-0.25, -0.2) is 23.8 Å². The van der Waals surface area contributed by atoms with Gasteiger partial charge in [0.2, 0.25) is 18.1 Å². The summed E-state index contributed by atoms with van der Waals surface area (Å²) in [5, 5.41) is 58.2. The Morgan fingerprint density at radius 2 is 1.73 bits per heavy atom. The molecule has 5 amide bonds. The van der Waals surface area contributed by atoms with Gasteiger partial charge in [-0.1, -0.05) is 13.0 Å². The van der Waals surface area contributed by atoms with Crippen LogP contribution in [-0.2, 0) is 74.8 Å². The highest BCUT2D eigenvalue weighted by Crippen LogP contribution is 2.46. The Morgan fingerprint density at radius 1 is 1.00 bits per heavy atom. The van der Waals surface area contributed by atoms with Gasteiger partial charge in [0, 0.05) is 41.8 Å². The molecule has 4 aliphatic heterocycles. The molecule has 71 heavy (non-hydrogen) atoms. The third-order valence-corrected chi connectivity index (χ3v) is 13.4. The Bertz CT molecular complexity index is 3080. The van der Waals surface area contributed by atoms with E-state index in [4.69, 9.17) is 23.9 Å². The normalized spacial score (nSPS) is 23.9. The van der Waals surface area contributed by atoms with Gasteiger partial charge < -0.3 is 64.6 Å². The SMILES string of the molecule is CC[C@@]1(O)C(=O)OCc2c1cc1n(c2=O)Cc2c-1nc1cc(F)c(C)c3c1c2[C@@H](NC(=O)OCc1ccc(O[C@H]2OC(C(=O)O)[C@@H](O)C(O)C2O)c(NC(=O)CN(C)C(=O)CN2C(=O)C=CC2=O)c1)CC3. The second-order valence-corrected chi connectivity index (χ2v) is 17.7. The van der Waals surface area contributed by atoms with Gasteiger partial charge in [0.25, 0.3) is 17.4 Å². The average Bonchev–Trinajstić information content (AvgIpc) is 3.86. The van der Waals surface area contributed by atoms with Gasteiger partial charge in [-0.3, -0.25) is 28.9 Å². The summed E-state index contributed by atoms with van der Waals surface area (Å²) >= 11 is 0. The fraction of sp³-hybridized carbons (Fsp3) is 0.383. The largest absolute Gasteiger partial charge is 0.479 e. The van der Waals surface area contributed by atoms with E-state index in [1.165, 1.54) is 41.9 Å². The summed E-state index contributed by atoms with van der Waals surface area (Å²) < 4.78 is 38.8. The lowest BCUT2D eigenvalue weighted by molar-refractivity contribution is -0.271. The second-order valence-electron chi connectivity index (χ2n) is 17.7. The quantitative estimate of drug-likeness (QED) is 0.0641. The number of aromatic nitrogens is 2. The molecule has 0 radical (unpaired) electrons. The van der Waals surface area contributed by atoms with Crippen LogP contribution >= 0.6 is 0 Å². The first kappa shape index (κ1) is 48.4. The molecule has 0 spiro atoms. The molecule has 372 valence electrons. The highest BCUT2D eigenvalue weighted by Gasteiger charge is 2.49. The van der Waals surface area contributed by atoms with Crippen molar-refractivity contribution in [1.82, 2.24) is 24.7 Å². The maximum atomic E-state index is 15.5. The molecule has 1 aliphatic carbocycles. The number of fused-ring (bicyclic) bond motifs is 5. The zero-order valence-corrected chi connectivity index (χ0v) is 38.0. The van der Waals surface area contributed by atoms with E-state index in [0.29, 0.717) is 39.0 Å². The molecule has 2 aromatic heterocycles. The van der Waals surface area contributed by atoms with Gasteiger partial charge in [0.1, 0.15) is 49.6 Å². The van der Waals surface area contributed by atoms with Crippen LogP contribution in [0.2, 0.25) is 0 Å². The zero-order valence-electron chi connectivity index (χ0n) is 38.0. The molecule has 7 atom stereocenters. The van der Waals surface area contributed by atoms with Crippen LogP contribution in [0.25, 0.3) is 22.3 Å². The van der Waals surface area contributed by atoms with Crippen LogP contribution in [0.4, 0.5) is 14.9 Å². The molecule has 0 saturated carbocycles. The van der Waals surface area contributed by atoms with Gasteiger partial charge >= 0.3 is 18.0 Å². The molecule has 7 N–H and O–H groups in total. The number of esters is 1. The number of aryl methyl sites for hydroxylation is 1. The number of nitrogens with one attached hydrogen (secondary N) is 2. The van der Waals surface area contributed by atoms with E-state index < -0.39 is 115 Å². The minimum absolute atomic E-state index is 0.0157. The van der Waals surface area contributed by atoms with Gasteiger partial charge in [-0.05, 0) is 66.6 Å². The molecule has 4 aromatic rings. The molecule has 1 saturated heterocycles. The summed E-state index contributed by atoms with van der Waals surface area (Å²) in [6.45, 7) is 1.08. The van der Waals surface area contributed by atoms with E-state index in [2.05, 4.69) is 10.6 Å². The van der Waals surface area contributed by atoms with Crippen molar-refractivity contribution in [3.8, 4) is 17.1 Å². The summed E-state index contributed by atoms with van der Waals surface area (Å²) in [4.78, 5) is 109. The first-order valence-corrected chi connectivity index (χ1v) is 22.2.